The van der Waals surface area contributed by atoms with Crippen LogP contribution in [0.1, 0.15) is 5.69 Å². The van der Waals surface area contributed by atoms with Crippen LogP contribution in [-0.4, -0.2) is 9.97 Å². The number of nitrogens with zero attached hydrogens (tertiary/aromatic N) is 1. The van der Waals surface area contributed by atoms with Crippen LogP contribution >= 0.6 is 0 Å². The van der Waals surface area contributed by atoms with Gasteiger partial charge in [-0.2, -0.15) is 0 Å². The van der Waals surface area contributed by atoms with Gasteiger partial charge in [0.25, 0.3) is 0 Å². The number of H-pyrrole nitrogens is 1. The van der Waals surface area contributed by atoms with Crippen LogP contribution < -0.4 is 5.73 Å². The van der Waals surface area contributed by atoms with Crippen LogP contribution in [0.25, 0.3) is 21.8 Å². The minimum absolute atomic E-state index is 0.562. The number of rotatable bonds is 0. The van der Waals surface area contributed by atoms with E-state index in [0.717, 1.165) is 16.7 Å². The Morgan fingerprint density at radius 3 is 2.87 bits per heavy atom. The number of fused-ring (bicyclic) bond motifs is 3. The van der Waals surface area contributed by atoms with E-state index in [2.05, 4.69) is 22.1 Å². The third-order valence-corrected chi connectivity index (χ3v) is 2.69. The molecule has 15 heavy (non-hydrogen) atoms. The van der Waals surface area contributed by atoms with Crippen LogP contribution in [0.15, 0.2) is 30.3 Å². The lowest BCUT2D eigenvalue weighted by molar-refractivity contribution is 1.25. The normalized spacial score (nSPS) is 11.3. The third-order valence-electron chi connectivity index (χ3n) is 2.69. The molecule has 0 amide bonds. The minimum Gasteiger partial charge on any atom is -0.384 e. The highest BCUT2D eigenvalue weighted by Crippen LogP contribution is 2.27. The van der Waals surface area contributed by atoms with Gasteiger partial charge in [0.1, 0.15) is 5.82 Å². The van der Waals surface area contributed by atoms with Crippen molar-refractivity contribution in [3.63, 3.8) is 0 Å². The van der Waals surface area contributed by atoms with E-state index < -0.39 is 0 Å². The van der Waals surface area contributed by atoms with Crippen molar-refractivity contribution in [2.75, 3.05) is 5.73 Å². The number of aryl methyl sites for hydroxylation is 1. The Balaban J connectivity index is 2.61. The zero-order valence-corrected chi connectivity index (χ0v) is 8.41. The van der Waals surface area contributed by atoms with E-state index in [9.17, 15) is 0 Å². The highest BCUT2D eigenvalue weighted by Gasteiger charge is 2.07. The van der Waals surface area contributed by atoms with Crippen molar-refractivity contribution in [2.24, 2.45) is 0 Å². The summed E-state index contributed by atoms with van der Waals surface area (Å²) >= 11 is 0. The highest BCUT2D eigenvalue weighted by atomic mass is 15.6. The van der Waals surface area contributed by atoms with Crippen molar-refractivity contribution in [1.82, 2.24) is 9.97 Å². The first-order chi connectivity index (χ1) is 7.25. The molecule has 0 aliphatic heterocycles. The van der Waals surface area contributed by atoms with E-state index in [1.54, 1.807) is 0 Å². The molecule has 2 aromatic heterocycles. The van der Waals surface area contributed by atoms with Crippen molar-refractivity contribution in [1.29, 1.82) is 0 Å². The molecule has 3 N–H and O–H groups in total. The Kier molecular flexibility index (Phi) is 1.51. The summed E-state index contributed by atoms with van der Waals surface area (Å²) in [5.74, 6) is 0.562. The second-order valence-corrected chi connectivity index (χ2v) is 3.73. The van der Waals surface area contributed by atoms with Gasteiger partial charge >= 0.3 is 0 Å². The first-order valence-corrected chi connectivity index (χ1v) is 4.89. The van der Waals surface area contributed by atoms with Crippen molar-refractivity contribution in [2.45, 2.75) is 6.92 Å². The number of anilines is 1. The molecule has 0 radical (unpaired) electrons. The molecule has 0 bridgehead atoms. The van der Waals surface area contributed by atoms with Gasteiger partial charge in [0, 0.05) is 28.0 Å². The maximum Gasteiger partial charge on any atom is 0.125 e. The van der Waals surface area contributed by atoms with E-state index >= 15 is 0 Å². The number of hydrogen-bond donors (Lipinski definition) is 2. The maximum absolute atomic E-state index is 5.72. The summed E-state index contributed by atoms with van der Waals surface area (Å²) in [5.41, 5.74) is 8.87. The van der Waals surface area contributed by atoms with Crippen LogP contribution in [0.4, 0.5) is 5.82 Å². The molecule has 0 unspecified atom stereocenters. The second-order valence-electron chi connectivity index (χ2n) is 3.73. The van der Waals surface area contributed by atoms with Gasteiger partial charge in [0.15, 0.2) is 0 Å². The fraction of sp³-hybridized carbons (Fsp3) is 0.0833. The van der Waals surface area contributed by atoms with E-state index in [1.165, 1.54) is 10.8 Å². The molecule has 3 aromatic rings. The van der Waals surface area contributed by atoms with Gasteiger partial charge in [0.05, 0.1) is 5.52 Å². The molecular weight excluding hydrogens is 189 g/mol. The molecule has 1 aromatic carbocycles. The molecule has 3 nitrogen and oxygen atoms in total. The Bertz CT molecular complexity index is 652. The summed E-state index contributed by atoms with van der Waals surface area (Å²) in [6, 6.07) is 10.1. The van der Waals surface area contributed by atoms with Crippen LogP contribution in [0, 0.1) is 6.92 Å². The smallest absolute Gasteiger partial charge is 0.125 e. The molecule has 0 spiro atoms. The zero-order valence-electron chi connectivity index (χ0n) is 8.41. The molecule has 0 aliphatic rings. The number of benzene rings is 1. The summed E-state index contributed by atoms with van der Waals surface area (Å²) in [7, 11) is 0. The lowest BCUT2D eigenvalue weighted by Gasteiger charge is -1.98. The molecule has 0 fully saturated rings. The summed E-state index contributed by atoms with van der Waals surface area (Å²) in [6.07, 6.45) is 0. The van der Waals surface area contributed by atoms with Crippen LogP contribution in [0.3, 0.4) is 0 Å². The lowest BCUT2D eigenvalue weighted by atomic mass is 10.2. The monoisotopic (exact) mass is 200 g/mol. The minimum atomic E-state index is 0.562. The summed E-state index contributed by atoms with van der Waals surface area (Å²) in [4.78, 5) is 7.62. The van der Waals surface area contributed by atoms with Gasteiger partial charge < -0.3 is 10.7 Å². The molecule has 3 rings (SSSR count). The van der Waals surface area contributed by atoms with Crippen molar-refractivity contribution in [3.05, 3.63) is 36.0 Å². The quantitative estimate of drug-likeness (QED) is 0.548. The average Bonchev–Trinajstić information content (AvgIpc) is 2.54. The number of pyridine rings is 1. The predicted molar refractivity (Wildman–Crippen MR) is 62.7 cm³/mol. The predicted octanol–water partition coefficient (Wildman–Crippen LogP) is 2.61. The first-order valence-electron chi connectivity index (χ1n) is 4.89. The number of nitrogens with two attached hydrogens (primary N) is 1. The summed E-state index contributed by atoms with van der Waals surface area (Å²) in [5, 5.41) is 2.37. The molecule has 0 aliphatic carbocycles. The van der Waals surface area contributed by atoms with E-state index in [-0.39, 0.29) is 0 Å². The number of para-hydroxylation sites is 1. The standard InChI is InChI=1S/C12H11N3/c1-7-12-8-4-2-3-5-9(8)15-10(12)6-11(13)14-7/h2-6,15H,1H3,(H2,13,14)/i6+1,11+1,13+1. The number of aromatic amines is 1. The largest absolute Gasteiger partial charge is 0.384 e. The summed E-state index contributed by atoms with van der Waals surface area (Å²) < 4.78 is 0. The van der Waals surface area contributed by atoms with Crippen molar-refractivity contribution >= 4 is 27.6 Å². The average molecular weight is 200 g/mol. The highest BCUT2D eigenvalue weighted by molar-refractivity contribution is 6.08. The van der Waals surface area contributed by atoms with E-state index in [4.69, 9.17) is 5.73 Å². The molecule has 3 heteroatoms. The third kappa shape index (κ3) is 1.09. The van der Waals surface area contributed by atoms with Crippen molar-refractivity contribution < 1.29 is 0 Å². The molecule has 0 atom stereocenters. The van der Waals surface area contributed by atoms with Gasteiger partial charge in [-0.25, -0.2) is 4.98 Å². The lowest BCUT2D eigenvalue weighted by Crippen LogP contribution is -1.91. The fourth-order valence-corrected chi connectivity index (χ4v) is 2.09. The van der Waals surface area contributed by atoms with Crippen LogP contribution in [-0.2, 0) is 0 Å². The van der Waals surface area contributed by atoms with Crippen molar-refractivity contribution in [3.8, 4) is 0 Å². The fourth-order valence-electron chi connectivity index (χ4n) is 2.09. The number of nitrogens with one attached hydrogen (secondary N) is 1. The first kappa shape index (κ1) is 8.29. The Morgan fingerprint density at radius 1 is 1.20 bits per heavy atom. The molecule has 74 valence electrons. The molecule has 2 heterocycles. The SMILES string of the molecule is Cc1n[13c]([15NH2])[13cH]c2[nH]c3ccccc3c12. The number of hydrogen-bond acceptors (Lipinski definition) is 2. The Hall–Kier alpha value is -2.03. The van der Waals surface area contributed by atoms with Gasteiger partial charge in [-0.05, 0) is 13.0 Å². The number of aromatic nitrogens is 2. The van der Waals surface area contributed by atoms with Gasteiger partial charge in [-0.15, -0.1) is 0 Å². The zero-order chi connectivity index (χ0) is 10.4. The second kappa shape index (κ2) is 2.73. The topological polar surface area (TPSA) is 54.7 Å². The van der Waals surface area contributed by atoms with Gasteiger partial charge in [-0.1, -0.05) is 18.2 Å². The van der Waals surface area contributed by atoms with Gasteiger partial charge in [-0.3, -0.25) is 0 Å². The van der Waals surface area contributed by atoms with Gasteiger partial charge in [0.2, 0.25) is 0 Å². The van der Waals surface area contributed by atoms with Crippen LogP contribution in [0.2, 0.25) is 0 Å². The van der Waals surface area contributed by atoms with Crippen LogP contribution in [0.5, 0.6) is 0 Å². The molecular formula is C12H11N3. The number of nitrogen functional groups attached to an aromatic ring is 1. The van der Waals surface area contributed by atoms with E-state index in [1.807, 2.05) is 25.1 Å². The van der Waals surface area contributed by atoms with E-state index in [0.29, 0.717) is 5.82 Å². The Morgan fingerprint density at radius 2 is 2.00 bits per heavy atom. The maximum atomic E-state index is 5.72. The molecule has 0 saturated carbocycles. The molecule has 0 saturated heterocycles. The Labute approximate surface area is 86.9 Å². The summed E-state index contributed by atoms with van der Waals surface area (Å²) in [6.45, 7) is 1.99.